The molecule has 0 radical (unpaired) electrons. The molecule has 41 heavy (non-hydrogen) atoms. The second-order valence-corrected chi connectivity index (χ2v) is 12.3. The van der Waals surface area contributed by atoms with Crippen molar-refractivity contribution in [2.75, 3.05) is 0 Å². The maximum Gasteiger partial charge on any atom is 0.0811 e. The number of aliphatic hydroxyl groups is 3. The van der Waals surface area contributed by atoms with Crippen LogP contribution in [0.5, 0.6) is 0 Å². The molecule has 3 fully saturated rings. The van der Waals surface area contributed by atoms with E-state index in [2.05, 4.69) is 78.7 Å². The summed E-state index contributed by atoms with van der Waals surface area (Å²) in [6.45, 7) is 33.7. The van der Waals surface area contributed by atoms with Crippen LogP contribution in [-0.4, -0.2) is 33.6 Å². The van der Waals surface area contributed by atoms with Gasteiger partial charge in [0.1, 0.15) is 0 Å². The van der Waals surface area contributed by atoms with Gasteiger partial charge in [-0.15, -0.1) is 13.2 Å². The van der Waals surface area contributed by atoms with Crippen LogP contribution in [0.1, 0.15) is 128 Å². The van der Waals surface area contributed by atoms with Crippen LogP contribution in [0.25, 0.3) is 0 Å². The normalized spacial score (nSPS) is 31.3. The summed E-state index contributed by atoms with van der Waals surface area (Å²) >= 11 is 0. The van der Waals surface area contributed by atoms with E-state index in [-0.39, 0.29) is 6.10 Å². The van der Waals surface area contributed by atoms with Gasteiger partial charge in [0, 0.05) is 6.42 Å². The smallest absolute Gasteiger partial charge is 0.0811 e. The first kappa shape index (κ1) is 41.7. The zero-order valence-corrected chi connectivity index (χ0v) is 29.0. The van der Waals surface area contributed by atoms with E-state index in [0.29, 0.717) is 41.9 Å². The quantitative estimate of drug-likeness (QED) is 0.277. The fraction of sp³-hybridized carbons (Fsp3) is 0.737. The standard InChI is InChI=1S/C28H44O2.C4H10O.2C2H6.C2H4/c1-18(2)19(3)9-10-20(4)25-13-14-26-22(8-7-15-28(25,26)6)11-12-23-16-24(29)17-27(30)21(23)5;1-3-4(2)5;3*1-2/h9-12,18-20,24-27,29-30H,5,7-8,13-17H2,1-4,6H3;4-5H,3H2,1-2H3;2*1-2H3;1-2H2/b10-9+,22-11+,23-12-;;;;/t19-,20+,24+,25?,26?,27-,28?;4-;;;/m01.../s1. The predicted molar refractivity (Wildman–Crippen MR) is 183 cm³/mol. The Morgan fingerprint density at radius 1 is 0.951 bits per heavy atom. The van der Waals surface area contributed by atoms with Crippen molar-refractivity contribution in [1.82, 2.24) is 0 Å². The van der Waals surface area contributed by atoms with Crippen LogP contribution in [0.3, 0.4) is 0 Å². The van der Waals surface area contributed by atoms with E-state index in [1.165, 1.54) is 32.1 Å². The highest BCUT2D eigenvalue weighted by molar-refractivity contribution is 5.38. The molecule has 0 heterocycles. The van der Waals surface area contributed by atoms with Crippen LogP contribution in [-0.2, 0) is 0 Å². The average molecular weight is 575 g/mol. The fourth-order valence-corrected chi connectivity index (χ4v) is 6.32. The third kappa shape index (κ3) is 13.2. The minimum absolute atomic E-state index is 0.116. The van der Waals surface area contributed by atoms with Gasteiger partial charge in [-0.1, -0.05) is 106 Å². The van der Waals surface area contributed by atoms with Crippen molar-refractivity contribution in [3.63, 3.8) is 0 Å². The highest BCUT2D eigenvalue weighted by atomic mass is 16.3. The maximum atomic E-state index is 10.1. The van der Waals surface area contributed by atoms with Gasteiger partial charge in [0.15, 0.2) is 0 Å². The monoisotopic (exact) mass is 575 g/mol. The van der Waals surface area contributed by atoms with Gasteiger partial charge >= 0.3 is 0 Å². The van der Waals surface area contributed by atoms with E-state index >= 15 is 0 Å². The Labute approximate surface area is 256 Å². The molecule has 240 valence electrons. The number of rotatable bonds is 6. The van der Waals surface area contributed by atoms with E-state index in [0.717, 1.165) is 23.5 Å². The highest BCUT2D eigenvalue weighted by Gasteiger charge is 2.50. The number of aliphatic hydroxyl groups excluding tert-OH is 3. The van der Waals surface area contributed by atoms with Crippen molar-refractivity contribution in [2.45, 2.75) is 146 Å². The zero-order chi connectivity index (χ0) is 32.3. The number of fused-ring (bicyclic) bond motifs is 1. The minimum Gasteiger partial charge on any atom is -0.393 e. The summed E-state index contributed by atoms with van der Waals surface area (Å²) in [7, 11) is 0. The van der Waals surface area contributed by atoms with Crippen molar-refractivity contribution in [3.05, 3.63) is 60.8 Å². The Morgan fingerprint density at radius 2 is 1.51 bits per heavy atom. The molecule has 3 rings (SSSR count). The molecule has 3 nitrogen and oxygen atoms in total. The van der Waals surface area contributed by atoms with Gasteiger partial charge in [-0.05, 0) is 98.0 Å². The molecule has 3 aliphatic rings. The Morgan fingerprint density at radius 3 is 2.02 bits per heavy atom. The van der Waals surface area contributed by atoms with Crippen LogP contribution in [0.15, 0.2) is 60.8 Å². The average Bonchev–Trinajstić information content (AvgIpc) is 3.33. The molecule has 3 N–H and O–H groups in total. The van der Waals surface area contributed by atoms with Crippen molar-refractivity contribution >= 4 is 0 Å². The van der Waals surface area contributed by atoms with Gasteiger partial charge in [0.2, 0.25) is 0 Å². The van der Waals surface area contributed by atoms with Gasteiger partial charge in [0.25, 0.3) is 0 Å². The van der Waals surface area contributed by atoms with Crippen molar-refractivity contribution in [1.29, 1.82) is 0 Å². The maximum absolute atomic E-state index is 10.1. The second kappa shape index (κ2) is 22.2. The molecule has 3 saturated carbocycles. The summed E-state index contributed by atoms with van der Waals surface area (Å²) in [5.41, 5.74) is 3.77. The Balaban J connectivity index is 0. The summed E-state index contributed by atoms with van der Waals surface area (Å²) < 4.78 is 0. The highest BCUT2D eigenvalue weighted by Crippen LogP contribution is 2.59. The molecular formula is C38H70O3. The first-order valence-corrected chi connectivity index (χ1v) is 16.7. The van der Waals surface area contributed by atoms with Crippen LogP contribution in [0, 0.1) is 35.0 Å². The molecule has 3 unspecified atom stereocenters. The van der Waals surface area contributed by atoms with E-state index in [1.54, 1.807) is 12.5 Å². The largest absolute Gasteiger partial charge is 0.393 e. The van der Waals surface area contributed by atoms with Gasteiger partial charge in [-0.3, -0.25) is 0 Å². The van der Waals surface area contributed by atoms with Crippen LogP contribution in [0.2, 0.25) is 0 Å². The molecule has 0 aromatic heterocycles. The summed E-state index contributed by atoms with van der Waals surface area (Å²) in [5.74, 6) is 3.38. The van der Waals surface area contributed by atoms with Gasteiger partial charge in [0.05, 0.1) is 18.3 Å². The van der Waals surface area contributed by atoms with Crippen LogP contribution < -0.4 is 0 Å². The van der Waals surface area contributed by atoms with Crippen molar-refractivity contribution in [3.8, 4) is 0 Å². The zero-order valence-electron chi connectivity index (χ0n) is 29.0. The van der Waals surface area contributed by atoms with Crippen molar-refractivity contribution < 1.29 is 15.3 Å². The number of allylic oxidation sites excluding steroid dienone is 5. The van der Waals surface area contributed by atoms with Gasteiger partial charge < -0.3 is 15.3 Å². The molecule has 0 aromatic carbocycles. The molecule has 3 heteroatoms. The van der Waals surface area contributed by atoms with Gasteiger partial charge in [-0.25, -0.2) is 0 Å². The first-order chi connectivity index (χ1) is 19.4. The molecule has 0 spiro atoms. The third-order valence-electron chi connectivity index (χ3n) is 9.30. The predicted octanol–water partition coefficient (Wildman–Crippen LogP) is 10.2. The fourth-order valence-electron chi connectivity index (χ4n) is 6.32. The van der Waals surface area contributed by atoms with Crippen molar-refractivity contribution in [2.24, 2.45) is 35.0 Å². The van der Waals surface area contributed by atoms with Crippen LogP contribution in [0.4, 0.5) is 0 Å². The summed E-state index contributed by atoms with van der Waals surface area (Å²) in [5, 5.41) is 28.5. The topological polar surface area (TPSA) is 60.7 Å². The van der Waals surface area contributed by atoms with E-state index in [1.807, 2.05) is 34.6 Å². The Hall–Kier alpha value is -1.42. The lowest BCUT2D eigenvalue weighted by atomic mass is 9.61. The minimum atomic E-state index is -0.605. The molecular weight excluding hydrogens is 504 g/mol. The lowest BCUT2D eigenvalue weighted by molar-refractivity contribution is 0.0862. The lowest BCUT2D eigenvalue weighted by Crippen LogP contribution is -2.35. The van der Waals surface area contributed by atoms with Gasteiger partial charge in [-0.2, -0.15) is 0 Å². The summed E-state index contributed by atoms with van der Waals surface area (Å²) in [6.07, 6.45) is 16.5. The molecule has 0 bridgehead atoms. The van der Waals surface area contributed by atoms with Crippen LogP contribution >= 0.6 is 0 Å². The second-order valence-electron chi connectivity index (χ2n) is 12.3. The molecule has 0 amide bonds. The molecule has 3 aliphatic carbocycles. The lowest BCUT2D eigenvalue weighted by Gasteiger charge is -2.44. The summed E-state index contributed by atoms with van der Waals surface area (Å²) in [4.78, 5) is 0. The molecule has 0 saturated heterocycles. The Bertz CT molecular complexity index is 789. The first-order valence-electron chi connectivity index (χ1n) is 16.7. The summed E-state index contributed by atoms with van der Waals surface area (Å²) in [6, 6.07) is 0. The van der Waals surface area contributed by atoms with E-state index < -0.39 is 12.2 Å². The molecule has 0 aromatic rings. The molecule has 8 atom stereocenters. The van der Waals surface area contributed by atoms with E-state index in [9.17, 15) is 10.2 Å². The third-order valence-corrected chi connectivity index (χ3v) is 9.30. The number of hydrogen-bond donors (Lipinski definition) is 3. The SMILES string of the molecule is C=C.C=C1/C(=C\C=C2/CCCC3(C)C2CCC3[C@H](C)/C=C/[C@H](C)C(C)C)C[C@@H](O)C[C@@H]1O.CC.CC.CC[C@@H](C)O. The number of hydrogen-bond acceptors (Lipinski definition) is 3. The van der Waals surface area contributed by atoms with E-state index in [4.69, 9.17) is 5.11 Å². The molecule has 0 aliphatic heterocycles. The Kier molecular flexibility index (Phi) is 22.6.